The van der Waals surface area contributed by atoms with E-state index in [1.165, 1.54) is 31.4 Å². The van der Waals surface area contributed by atoms with Crippen molar-refractivity contribution >= 4 is 40.8 Å². The SMILES string of the molecule is COc1cc(C2C3C(=O)N(c4ccc(Cl)cc4)C(=O)C3ON2c2ccccc2)ccc1OC(=O)c1ccc(F)cc1. The van der Waals surface area contributed by atoms with Gasteiger partial charge in [0.2, 0.25) is 5.91 Å². The molecule has 0 radical (unpaired) electrons. The Morgan fingerprint density at radius 3 is 2.24 bits per heavy atom. The lowest BCUT2D eigenvalue weighted by molar-refractivity contribution is -0.126. The second-order valence-corrected chi connectivity index (χ2v) is 9.89. The summed E-state index contributed by atoms with van der Waals surface area (Å²) in [5.41, 5.74) is 1.81. The highest BCUT2D eigenvalue weighted by Gasteiger charge is 2.60. The van der Waals surface area contributed by atoms with Crippen LogP contribution in [0, 0.1) is 11.7 Å². The highest BCUT2D eigenvalue weighted by Crippen LogP contribution is 2.48. The van der Waals surface area contributed by atoms with Gasteiger partial charge in [-0.3, -0.25) is 14.4 Å². The van der Waals surface area contributed by atoms with Gasteiger partial charge >= 0.3 is 5.97 Å². The van der Waals surface area contributed by atoms with E-state index >= 15 is 0 Å². The van der Waals surface area contributed by atoms with E-state index in [2.05, 4.69) is 0 Å². The monoisotopic (exact) mass is 572 g/mol. The second kappa shape index (κ2) is 10.7. The Hall–Kier alpha value is -4.73. The van der Waals surface area contributed by atoms with Crippen molar-refractivity contribution in [2.24, 2.45) is 5.92 Å². The van der Waals surface area contributed by atoms with Gasteiger partial charge in [-0.1, -0.05) is 35.9 Å². The molecule has 6 rings (SSSR count). The average molecular weight is 573 g/mol. The lowest BCUT2D eigenvalue weighted by Gasteiger charge is -2.29. The molecule has 8 nitrogen and oxygen atoms in total. The molecule has 10 heteroatoms. The van der Waals surface area contributed by atoms with E-state index in [9.17, 15) is 18.8 Å². The first kappa shape index (κ1) is 26.5. The fraction of sp³-hybridized carbons (Fsp3) is 0.129. The van der Waals surface area contributed by atoms with E-state index in [0.29, 0.717) is 22.0 Å². The van der Waals surface area contributed by atoms with Gasteiger partial charge in [-0.2, -0.15) is 0 Å². The molecule has 2 aliphatic rings. The first-order valence-corrected chi connectivity index (χ1v) is 13.0. The number of amides is 2. The maximum atomic E-state index is 13.8. The number of esters is 1. The molecular weight excluding hydrogens is 551 g/mol. The summed E-state index contributed by atoms with van der Waals surface area (Å²) in [5.74, 6) is -2.60. The van der Waals surface area contributed by atoms with Gasteiger partial charge in [0.15, 0.2) is 17.6 Å². The molecule has 0 spiro atoms. The van der Waals surface area contributed by atoms with Gasteiger partial charge in [0.05, 0.1) is 30.1 Å². The first-order chi connectivity index (χ1) is 19.9. The minimum absolute atomic E-state index is 0.129. The fourth-order valence-electron chi connectivity index (χ4n) is 5.09. The molecule has 4 aromatic rings. The zero-order valence-electron chi connectivity index (χ0n) is 21.6. The largest absolute Gasteiger partial charge is 0.493 e. The molecular formula is C31H22ClFN2O6. The summed E-state index contributed by atoms with van der Waals surface area (Å²) in [5, 5.41) is 2.04. The molecule has 3 atom stereocenters. The van der Waals surface area contributed by atoms with E-state index in [4.69, 9.17) is 25.9 Å². The zero-order valence-corrected chi connectivity index (χ0v) is 22.3. The van der Waals surface area contributed by atoms with Crippen LogP contribution >= 0.6 is 11.6 Å². The predicted molar refractivity (Wildman–Crippen MR) is 148 cm³/mol. The van der Waals surface area contributed by atoms with Crippen LogP contribution in [-0.4, -0.2) is 31.0 Å². The molecule has 4 aromatic carbocycles. The van der Waals surface area contributed by atoms with Gasteiger partial charge in [0.1, 0.15) is 11.7 Å². The van der Waals surface area contributed by atoms with Crippen LogP contribution in [0.4, 0.5) is 15.8 Å². The van der Waals surface area contributed by atoms with Crippen LogP contribution in [0.5, 0.6) is 11.5 Å². The van der Waals surface area contributed by atoms with Crippen molar-refractivity contribution in [1.29, 1.82) is 0 Å². The molecule has 0 aliphatic carbocycles. The number of hydrogen-bond acceptors (Lipinski definition) is 7. The third-order valence-corrected chi connectivity index (χ3v) is 7.27. The summed E-state index contributed by atoms with van der Waals surface area (Å²) in [6.07, 6.45) is -1.06. The maximum Gasteiger partial charge on any atom is 0.343 e. The van der Waals surface area contributed by atoms with Crippen molar-refractivity contribution < 1.29 is 33.1 Å². The number of nitrogens with zero attached hydrogens (tertiary/aromatic N) is 2. The number of hydroxylamine groups is 1. The Labute approximate surface area is 239 Å². The Kier molecular flexibility index (Phi) is 6.90. The number of rotatable bonds is 6. The summed E-state index contributed by atoms with van der Waals surface area (Å²) in [6, 6.07) is 24.7. The van der Waals surface area contributed by atoms with Crippen LogP contribution in [0.15, 0.2) is 97.1 Å². The number of anilines is 2. The second-order valence-electron chi connectivity index (χ2n) is 9.45. The molecule has 0 bridgehead atoms. The van der Waals surface area contributed by atoms with Gasteiger partial charge in [-0.05, 0) is 78.4 Å². The summed E-state index contributed by atoms with van der Waals surface area (Å²) in [6.45, 7) is 0. The van der Waals surface area contributed by atoms with Gasteiger partial charge < -0.3 is 9.47 Å². The lowest BCUT2D eigenvalue weighted by atomic mass is 9.90. The van der Waals surface area contributed by atoms with Crippen molar-refractivity contribution in [1.82, 2.24) is 0 Å². The number of methoxy groups -OCH3 is 1. The normalized spacial score (nSPS) is 19.8. The lowest BCUT2D eigenvalue weighted by Crippen LogP contribution is -2.37. The standard InChI is InChI=1S/C31H22ClFN2O6/c1-39-25-17-19(9-16-24(25)40-31(38)18-7-12-21(33)13-8-18)27-26-28(41-35(27)23-5-3-2-4-6-23)30(37)34(29(26)36)22-14-10-20(32)11-15-22/h2-17,26-28H,1H3. The summed E-state index contributed by atoms with van der Waals surface area (Å²) < 4.78 is 24.3. The number of carbonyl (C=O) groups excluding carboxylic acids is 3. The maximum absolute atomic E-state index is 13.8. The van der Waals surface area contributed by atoms with E-state index in [0.717, 1.165) is 4.90 Å². The van der Waals surface area contributed by atoms with E-state index in [-0.39, 0.29) is 17.1 Å². The number of benzene rings is 4. The Morgan fingerprint density at radius 1 is 0.854 bits per heavy atom. The van der Waals surface area contributed by atoms with Crippen molar-refractivity contribution in [3.8, 4) is 11.5 Å². The molecule has 206 valence electrons. The number of imide groups is 1. The Morgan fingerprint density at radius 2 is 1.56 bits per heavy atom. The summed E-state index contributed by atoms with van der Waals surface area (Å²) in [4.78, 5) is 47.3. The predicted octanol–water partition coefficient (Wildman–Crippen LogP) is 5.76. The minimum Gasteiger partial charge on any atom is -0.493 e. The molecule has 0 aromatic heterocycles. The van der Waals surface area contributed by atoms with Crippen molar-refractivity contribution in [2.75, 3.05) is 17.1 Å². The van der Waals surface area contributed by atoms with Crippen molar-refractivity contribution in [3.63, 3.8) is 0 Å². The van der Waals surface area contributed by atoms with Crippen molar-refractivity contribution in [3.05, 3.63) is 119 Å². The van der Waals surface area contributed by atoms with Gasteiger partial charge in [0, 0.05) is 5.02 Å². The third kappa shape index (κ3) is 4.79. The topological polar surface area (TPSA) is 85.4 Å². The van der Waals surface area contributed by atoms with Crippen LogP contribution in [0.25, 0.3) is 0 Å². The number of fused-ring (bicyclic) bond motifs is 1. The molecule has 3 unspecified atom stereocenters. The third-order valence-electron chi connectivity index (χ3n) is 7.02. The number of ether oxygens (including phenoxy) is 2. The molecule has 2 fully saturated rings. The van der Waals surface area contributed by atoms with Gasteiger partial charge in [-0.15, -0.1) is 0 Å². The van der Waals surface area contributed by atoms with Crippen LogP contribution in [0.1, 0.15) is 22.0 Å². The summed E-state index contributed by atoms with van der Waals surface area (Å²) >= 11 is 6.01. The minimum atomic E-state index is -1.06. The van der Waals surface area contributed by atoms with Gasteiger partial charge in [0.25, 0.3) is 5.91 Å². The molecule has 0 N–H and O–H groups in total. The molecule has 2 amide bonds. The average Bonchev–Trinajstić information content (AvgIpc) is 3.50. The van der Waals surface area contributed by atoms with E-state index in [1.807, 2.05) is 30.3 Å². The Balaban J connectivity index is 1.36. The molecule has 2 heterocycles. The fourth-order valence-corrected chi connectivity index (χ4v) is 5.22. The van der Waals surface area contributed by atoms with Crippen LogP contribution in [-0.2, 0) is 14.4 Å². The highest BCUT2D eigenvalue weighted by molar-refractivity contribution is 6.31. The highest BCUT2D eigenvalue weighted by atomic mass is 35.5. The van der Waals surface area contributed by atoms with Crippen LogP contribution in [0.3, 0.4) is 0 Å². The molecule has 0 saturated carbocycles. The zero-order chi connectivity index (χ0) is 28.7. The summed E-state index contributed by atoms with van der Waals surface area (Å²) in [7, 11) is 1.42. The van der Waals surface area contributed by atoms with E-state index in [1.54, 1.807) is 47.5 Å². The van der Waals surface area contributed by atoms with E-state index < -0.39 is 41.7 Å². The quantitative estimate of drug-likeness (QED) is 0.165. The number of hydrogen-bond donors (Lipinski definition) is 0. The van der Waals surface area contributed by atoms with Crippen LogP contribution in [0.2, 0.25) is 5.02 Å². The van der Waals surface area contributed by atoms with Gasteiger partial charge in [-0.25, -0.2) is 19.1 Å². The Bertz CT molecular complexity index is 1630. The molecule has 2 aliphatic heterocycles. The number of carbonyl (C=O) groups is 3. The molecule has 2 saturated heterocycles. The molecule has 41 heavy (non-hydrogen) atoms. The van der Waals surface area contributed by atoms with Crippen LogP contribution < -0.4 is 19.4 Å². The number of para-hydroxylation sites is 1. The smallest absolute Gasteiger partial charge is 0.343 e. The first-order valence-electron chi connectivity index (χ1n) is 12.7. The van der Waals surface area contributed by atoms with Crippen molar-refractivity contribution in [2.45, 2.75) is 12.1 Å². The number of halogens is 2.